The molecular weight excluding hydrogens is 565 g/mol. The van der Waals surface area contributed by atoms with Gasteiger partial charge in [0.05, 0.1) is 0 Å². The molecule has 0 bridgehead atoms. The van der Waals surface area contributed by atoms with Crippen LogP contribution in [0.25, 0.3) is 5.70 Å². The summed E-state index contributed by atoms with van der Waals surface area (Å²) in [5, 5.41) is 3.58. The Morgan fingerprint density at radius 3 is 2.36 bits per heavy atom. The van der Waals surface area contributed by atoms with Crippen LogP contribution in [0.2, 0.25) is 0 Å². The van der Waals surface area contributed by atoms with Crippen LogP contribution in [0.4, 0.5) is 0 Å². The van der Waals surface area contributed by atoms with Crippen LogP contribution in [0.5, 0.6) is 0 Å². The van der Waals surface area contributed by atoms with Crippen LogP contribution >= 0.6 is 11.3 Å². The van der Waals surface area contributed by atoms with E-state index >= 15 is 0 Å². The van der Waals surface area contributed by atoms with Gasteiger partial charge in [-0.15, -0.1) is 17.9 Å². The third-order valence-corrected chi connectivity index (χ3v) is 11.5. The van der Waals surface area contributed by atoms with Gasteiger partial charge in [-0.05, 0) is 96.1 Å². The summed E-state index contributed by atoms with van der Waals surface area (Å²) in [5.74, 6) is 2.79. The molecule has 1 aromatic heterocycles. The number of hydrogen-bond acceptors (Lipinski definition) is 3. The van der Waals surface area contributed by atoms with Crippen molar-refractivity contribution in [3.05, 3.63) is 113 Å². The van der Waals surface area contributed by atoms with Crippen LogP contribution in [-0.2, 0) is 11.8 Å². The van der Waals surface area contributed by atoms with Gasteiger partial charge in [0, 0.05) is 33.9 Å². The molecule has 1 unspecified atom stereocenters. The molecule has 2 aromatic rings. The molecule has 2 aliphatic rings. The molecule has 45 heavy (non-hydrogen) atoms. The second kappa shape index (κ2) is 17.1. The van der Waals surface area contributed by atoms with Crippen molar-refractivity contribution < 1.29 is 0 Å². The smallest absolute Gasteiger partial charge is 0.0499 e. The fraction of sp³-hybridized carbons (Fsp3) is 0.500. The van der Waals surface area contributed by atoms with Crippen LogP contribution in [0, 0.1) is 17.8 Å². The van der Waals surface area contributed by atoms with E-state index in [4.69, 9.17) is 4.99 Å². The monoisotopic (exact) mass is 622 g/mol. The zero-order valence-electron chi connectivity index (χ0n) is 28.6. The highest BCUT2D eigenvalue weighted by molar-refractivity contribution is 7.13. The normalized spacial score (nSPS) is 21.7. The number of benzene rings is 1. The Morgan fingerprint density at radius 2 is 1.76 bits per heavy atom. The van der Waals surface area contributed by atoms with Crippen molar-refractivity contribution in [2.24, 2.45) is 22.7 Å². The van der Waals surface area contributed by atoms with Gasteiger partial charge in [-0.2, -0.15) is 0 Å². The molecule has 1 heterocycles. The van der Waals surface area contributed by atoms with E-state index in [9.17, 15) is 0 Å². The lowest BCUT2D eigenvalue weighted by Gasteiger charge is -2.35. The van der Waals surface area contributed by atoms with Crippen LogP contribution in [0.15, 0.2) is 96.7 Å². The Balaban J connectivity index is 1.25. The number of nitrogens with one attached hydrogen (secondary N) is 1. The van der Waals surface area contributed by atoms with Crippen molar-refractivity contribution in [3.8, 4) is 0 Å². The van der Waals surface area contributed by atoms with Gasteiger partial charge in [0.2, 0.25) is 0 Å². The van der Waals surface area contributed by atoms with Crippen molar-refractivity contribution in [1.82, 2.24) is 5.32 Å². The number of nitrogens with zero attached hydrogens (tertiary/aromatic N) is 1. The van der Waals surface area contributed by atoms with E-state index in [-0.39, 0.29) is 11.5 Å². The minimum Gasteiger partial charge on any atom is -0.378 e. The van der Waals surface area contributed by atoms with Crippen molar-refractivity contribution in [1.29, 1.82) is 0 Å². The van der Waals surface area contributed by atoms with Crippen LogP contribution in [0.1, 0.15) is 119 Å². The molecule has 3 heteroatoms. The molecule has 0 saturated heterocycles. The lowest BCUT2D eigenvalue weighted by atomic mass is 9.70. The lowest BCUT2D eigenvalue weighted by Crippen LogP contribution is -2.27. The van der Waals surface area contributed by atoms with Crippen molar-refractivity contribution in [2.75, 3.05) is 0 Å². The number of aliphatic imine (C=N–C) groups is 1. The van der Waals surface area contributed by atoms with Gasteiger partial charge in [-0.3, -0.25) is 4.99 Å². The predicted octanol–water partition coefficient (Wildman–Crippen LogP) is 12.0. The van der Waals surface area contributed by atoms with E-state index in [0.29, 0.717) is 0 Å². The average molecular weight is 623 g/mol. The average Bonchev–Trinajstić information content (AvgIpc) is 3.56. The number of rotatable bonds is 15. The quantitative estimate of drug-likeness (QED) is 0.0908. The topological polar surface area (TPSA) is 24.4 Å². The van der Waals surface area contributed by atoms with E-state index < -0.39 is 0 Å². The Morgan fingerprint density at radius 1 is 1.00 bits per heavy atom. The molecule has 0 amide bonds. The maximum absolute atomic E-state index is 4.70. The number of unbranched alkanes of at least 4 members (excludes halogenated alkanes) is 2. The van der Waals surface area contributed by atoms with E-state index in [1.54, 1.807) is 0 Å². The molecule has 4 rings (SSSR count). The highest BCUT2D eigenvalue weighted by Gasteiger charge is 2.28. The summed E-state index contributed by atoms with van der Waals surface area (Å²) in [6.07, 6.45) is 26.4. The van der Waals surface area contributed by atoms with Gasteiger partial charge in [0.25, 0.3) is 0 Å². The molecule has 242 valence electrons. The number of hydrogen-bond donors (Lipinski definition) is 1. The first-order valence-electron chi connectivity index (χ1n) is 17.5. The molecule has 2 nitrogen and oxygen atoms in total. The summed E-state index contributed by atoms with van der Waals surface area (Å²) in [6.45, 7) is 21.5. The Kier molecular flexibility index (Phi) is 13.3. The molecule has 1 fully saturated rings. The third-order valence-electron chi connectivity index (χ3n) is 9.98. The maximum atomic E-state index is 4.70. The fourth-order valence-corrected chi connectivity index (χ4v) is 8.03. The molecule has 2 aliphatic carbocycles. The van der Waals surface area contributed by atoms with E-state index in [1.807, 2.05) is 35.9 Å². The first-order chi connectivity index (χ1) is 21.7. The lowest BCUT2D eigenvalue weighted by molar-refractivity contribution is 0.185. The molecule has 0 spiro atoms. The molecular formula is C42H58N2S. The summed E-state index contributed by atoms with van der Waals surface area (Å²) >= 11 is 1.81. The second-order valence-electron chi connectivity index (χ2n) is 14.4. The van der Waals surface area contributed by atoms with Gasteiger partial charge in [-0.25, -0.2) is 0 Å². The molecule has 2 atom stereocenters. The fourth-order valence-electron chi connectivity index (χ4n) is 7.03. The SMILES string of the molecule is C=C/C(=C\N=C\c1ccc(C[C@@H](C=C)NC(=C)c2ccc(C(C)(C)C)s2)cc1)C1=CCC(C2CCC(CCCCC)CC2)CC1. The van der Waals surface area contributed by atoms with Crippen LogP contribution in [-0.4, -0.2) is 12.3 Å². The van der Waals surface area contributed by atoms with E-state index in [0.717, 1.165) is 41.9 Å². The van der Waals surface area contributed by atoms with Gasteiger partial charge >= 0.3 is 0 Å². The minimum atomic E-state index is 0.115. The molecule has 1 saturated carbocycles. The summed E-state index contributed by atoms with van der Waals surface area (Å²) in [7, 11) is 0. The number of thiophene rings is 1. The van der Waals surface area contributed by atoms with E-state index in [1.165, 1.54) is 90.7 Å². The molecule has 1 aromatic carbocycles. The Hall–Kier alpha value is -2.91. The summed E-state index contributed by atoms with van der Waals surface area (Å²) in [5.41, 5.74) is 6.05. The Labute approximate surface area is 279 Å². The highest BCUT2D eigenvalue weighted by Crippen LogP contribution is 2.41. The molecule has 0 radical (unpaired) electrons. The summed E-state index contributed by atoms with van der Waals surface area (Å²) < 4.78 is 0. The summed E-state index contributed by atoms with van der Waals surface area (Å²) in [4.78, 5) is 7.25. The van der Waals surface area contributed by atoms with Crippen LogP contribution in [0.3, 0.4) is 0 Å². The van der Waals surface area contributed by atoms with Gasteiger partial charge in [0.15, 0.2) is 0 Å². The van der Waals surface area contributed by atoms with Gasteiger partial charge in [-0.1, -0.05) is 122 Å². The van der Waals surface area contributed by atoms with E-state index in [2.05, 4.69) is 95.2 Å². The maximum Gasteiger partial charge on any atom is 0.0499 e. The second-order valence-corrected chi connectivity index (χ2v) is 15.5. The standard InChI is InChI=1S/C42H58N2S/c1-8-11-12-13-32-18-20-37(21-19-32)38-24-22-36(23-25-38)35(9-2)30-43-29-34-16-14-33(15-17-34)28-39(10-3)44-31(4)40-26-27-41(45-40)42(5,6)7/h9-10,14-17,22,26-27,29-30,32,37-39,44H,2-4,8,11-13,18-21,23-25,28H2,1,5-7H3/b35-30+,43-29+/t32?,37?,38?,39-/m1/s1. The van der Waals surface area contributed by atoms with Crippen molar-refractivity contribution >= 4 is 23.2 Å². The number of allylic oxidation sites excluding steroid dienone is 4. The Bertz CT molecular complexity index is 1340. The first kappa shape index (κ1) is 35.0. The molecule has 1 N–H and O–H groups in total. The molecule has 0 aliphatic heterocycles. The van der Waals surface area contributed by atoms with Gasteiger partial charge in [0.1, 0.15) is 0 Å². The third kappa shape index (κ3) is 10.6. The largest absolute Gasteiger partial charge is 0.378 e. The zero-order valence-corrected chi connectivity index (χ0v) is 29.4. The summed E-state index contributed by atoms with van der Waals surface area (Å²) in [6, 6.07) is 13.2. The first-order valence-corrected chi connectivity index (χ1v) is 18.3. The van der Waals surface area contributed by atoms with Crippen LogP contribution < -0.4 is 5.32 Å². The van der Waals surface area contributed by atoms with Crippen molar-refractivity contribution in [3.63, 3.8) is 0 Å². The van der Waals surface area contributed by atoms with Crippen molar-refractivity contribution in [2.45, 2.75) is 116 Å². The van der Waals surface area contributed by atoms with Gasteiger partial charge < -0.3 is 5.32 Å². The minimum absolute atomic E-state index is 0.115. The highest BCUT2D eigenvalue weighted by atomic mass is 32.1. The predicted molar refractivity (Wildman–Crippen MR) is 200 cm³/mol. The zero-order chi connectivity index (χ0) is 32.2.